The summed E-state index contributed by atoms with van der Waals surface area (Å²) < 4.78 is 7.51. The summed E-state index contributed by atoms with van der Waals surface area (Å²) in [6.07, 6.45) is 2.76. The predicted molar refractivity (Wildman–Crippen MR) is 73.9 cm³/mol. The second-order valence-corrected chi connectivity index (χ2v) is 4.63. The predicted octanol–water partition coefficient (Wildman–Crippen LogP) is 1.82. The van der Waals surface area contributed by atoms with Crippen LogP contribution in [0.1, 0.15) is 23.2 Å². The Kier molecular flexibility index (Phi) is 4.52. The van der Waals surface area contributed by atoms with E-state index in [-0.39, 0.29) is 0 Å². The Bertz CT molecular complexity index is 536. The molecule has 0 saturated carbocycles. The van der Waals surface area contributed by atoms with Gasteiger partial charge in [0.25, 0.3) is 0 Å². The average molecular weight is 260 g/mol. The fourth-order valence-corrected chi connectivity index (χ4v) is 1.76. The molecule has 0 aliphatic rings. The van der Waals surface area contributed by atoms with E-state index in [1.165, 1.54) is 11.1 Å². The first-order valence-electron chi connectivity index (χ1n) is 6.48. The van der Waals surface area contributed by atoms with E-state index in [9.17, 15) is 0 Å². The van der Waals surface area contributed by atoms with Gasteiger partial charge in [-0.2, -0.15) is 0 Å². The third kappa shape index (κ3) is 3.79. The van der Waals surface area contributed by atoms with Crippen molar-refractivity contribution in [2.24, 2.45) is 5.73 Å². The van der Waals surface area contributed by atoms with E-state index in [0.717, 1.165) is 24.4 Å². The van der Waals surface area contributed by atoms with E-state index in [2.05, 4.69) is 36.3 Å². The van der Waals surface area contributed by atoms with Crippen molar-refractivity contribution in [3.63, 3.8) is 0 Å². The van der Waals surface area contributed by atoms with Crippen LogP contribution in [0.4, 0.5) is 0 Å². The molecule has 102 valence electrons. The zero-order valence-electron chi connectivity index (χ0n) is 11.5. The van der Waals surface area contributed by atoms with E-state index < -0.39 is 0 Å². The molecule has 1 heterocycles. The van der Waals surface area contributed by atoms with E-state index >= 15 is 0 Å². The number of rotatable bonds is 6. The molecule has 0 atom stereocenters. The van der Waals surface area contributed by atoms with Crippen molar-refractivity contribution >= 4 is 0 Å². The normalized spacial score (nSPS) is 10.7. The number of aryl methyl sites for hydroxylation is 3. The molecule has 0 saturated heterocycles. The van der Waals surface area contributed by atoms with Crippen molar-refractivity contribution in [3.8, 4) is 5.75 Å². The van der Waals surface area contributed by atoms with Crippen molar-refractivity contribution in [2.75, 3.05) is 6.61 Å². The van der Waals surface area contributed by atoms with Crippen LogP contribution in [-0.4, -0.2) is 21.6 Å². The van der Waals surface area contributed by atoms with Crippen LogP contribution in [0.5, 0.6) is 5.75 Å². The summed E-state index contributed by atoms with van der Waals surface area (Å²) in [7, 11) is 0. The topological polar surface area (TPSA) is 66.0 Å². The van der Waals surface area contributed by atoms with Gasteiger partial charge in [0.05, 0.1) is 12.3 Å². The molecular formula is C14H20N4O. The summed E-state index contributed by atoms with van der Waals surface area (Å²) in [5, 5.41) is 7.93. The Morgan fingerprint density at radius 3 is 2.79 bits per heavy atom. The Hall–Kier alpha value is -1.88. The molecule has 0 bridgehead atoms. The molecule has 0 aliphatic heterocycles. The van der Waals surface area contributed by atoms with Gasteiger partial charge in [0.1, 0.15) is 5.75 Å². The molecule has 5 heteroatoms. The molecule has 0 amide bonds. The molecule has 2 rings (SSSR count). The SMILES string of the molecule is Cc1ccc(OCCCn2cc(CN)nn2)cc1C. The fraction of sp³-hybridized carbons (Fsp3) is 0.429. The summed E-state index contributed by atoms with van der Waals surface area (Å²) >= 11 is 0. The van der Waals surface area contributed by atoms with Crippen molar-refractivity contribution in [2.45, 2.75) is 33.4 Å². The molecule has 0 aliphatic carbocycles. The van der Waals surface area contributed by atoms with Crippen molar-refractivity contribution in [3.05, 3.63) is 41.2 Å². The minimum atomic E-state index is 0.430. The monoisotopic (exact) mass is 260 g/mol. The first kappa shape index (κ1) is 13.5. The van der Waals surface area contributed by atoms with E-state index in [1.807, 2.05) is 12.3 Å². The van der Waals surface area contributed by atoms with E-state index in [4.69, 9.17) is 10.5 Å². The molecule has 19 heavy (non-hydrogen) atoms. The minimum absolute atomic E-state index is 0.430. The van der Waals surface area contributed by atoms with Gasteiger partial charge >= 0.3 is 0 Å². The number of nitrogens with two attached hydrogens (primary N) is 1. The lowest BCUT2D eigenvalue weighted by Crippen LogP contribution is -2.05. The smallest absolute Gasteiger partial charge is 0.119 e. The zero-order valence-corrected chi connectivity index (χ0v) is 11.5. The lowest BCUT2D eigenvalue weighted by Gasteiger charge is -2.08. The maximum atomic E-state index is 5.71. The summed E-state index contributed by atoms with van der Waals surface area (Å²) in [6.45, 7) is 6.07. The number of ether oxygens (including phenoxy) is 1. The maximum absolute atomic E-state index is 5.71. The number of hydrogen-bond donors (Lipinski definition) is 1. The summed E-state index contributed by atoms with van der Waals surface area (Å²) in [5.74, 6) is 0.921. The largest absolute Gasteiger partial charge is 0.494 e. The second kappa shape index (κ2) is 6.33. The standard InChI is InChI=1S/C14H20N4O/c1-11-4-5-14(8-12(11)2)19-7-3-6-18-10-13(9-15)16-17-18/h4-5,8,10H,3,6-7,9,15H2,1-2H3. The van der Waals surface area contributed by atoms with Gasteiger partial charge in [0.15, 0.2) is 0 Å². The molecule has 0 fully saturated rings. The van der Waals surface area contributed by atoms with Gasteiger partial charge in [-0.05, 0) is 37.1 Å². The second-order valence-electron chi connectivity index (χ2n) is 4.63. The molecule has 2 N–H and O–H groups in total. The Morgan fingerprint density at radius 2 is 2.11 bits per heavy atom. The number of benzene rings is 1. The highest BCUT2D eigenvalue weighted by Gasteiger charge is 2.00. The van der Waals surface area contributed by atoms with Crippen molar-refractivity contribution in [1.29, 1.82) is 0 Å². The van der Waals surface area contributed by atoms with Crippen LogP contribution in [-0.2, 0) is 13.1 Å². The minimum Gasteiger partial charge on any atom is -0.494 e. The van der Waals surface area contributed by atoms with Gasteiger partial charge in [-0.1, -0.05) is 11.3 Å². The number of aromatic nitrogens is 3. The highest BCUT2D eigenvalue weighted by molar-refractivity contribution is 5.33. The van der Waals surface area contributed by atoms with Gasteiger partial charge < -0.3 is 10.5 Å². The number of hydrogen-bond acceptors (Lipinski definition) is 4. The van der Waals surface area contributed by atoms with Crippen LogP contribution in [0.25, 0.3) is 0 Å². The van der Waals surface area contributed by atoms with Crippen LogP contribution in [0.3, 0.4) is 0 Å². The van der Waals surface area contributed by atoms with Crippen LogP contribution < -0.4 is 10.5 Å². The van der Waals surface area contributed by atoms with Crippen LogP contribution in [0.2, 0.25) is 0 Å². The highest BCUT2D eigenvalue weighted by atomic mass is 16.5. The first-order chi connectivity index (χ1) is 9.19. The molecule has 5 nitrogen and oxygen atoms in total. The van der Waals surface area contributed by atoms with Gasteiger partial charge in [-0.3, -0.25) is 4.68 Å². The lowest BCUT2D eigenvalue weighted by atomic mass is 10.1. The Labute approximate surface area is 113 Å². The third-order valence-electron chi connectivity index (χ3n) is 3.07. The molecule has 1 aromatic heterocycles. The quantitative estimate of drug-likeness (QED) is 0.805. The van der Waals surface area contributed by atoms with Crippen LogP contribution in [0, 0.1) is 13.8 Å². The highest BCUT2D eigenvalue weighted by Crippen LogP contribution is 2.16. The van der Waals surface area contributed by atoms with Crippen molar-refractivity contribution in [1.82, 2.24) is 15.0 Å². The van der Waals surface area contributed by atoms with Gasteiger partial charge in [-0.25, -0.2) is 0 Å². The zero-order chi connectivity index (χ0) is 13.7. The Morgan fingerprint density at radius 1 is 1.26 bits per heavy atom. The summed E-state index contributed by atoms with van der Waals surface area (Å²) in [4.78, 5) is 0. The van der Waals surface area contributed by atoms with Gasteiger partial charge in [0, 0.05) is 25.7 Å². The van der Waals surface area contributed by atoms with Gasteiger partial charge in [0.2, 0.25) is 0 Å². The summed E-state index contributed by atoms with van der Waals surface area (Å²) in [5.41, 5.74) is 8.83. The summed E-state index contributed by atoms with van der Waals surface area (Å²) in [6, 6.07) is 6.15. The Balaban J connectivity index is 1.75. The van der Waals surface area contributed by atoms with Gasteiger partial charge in [-0.15, -0.1) is 5.10 Å². The molecular weight excluding hydrogens is 240 g/mol. The molecule has 0 radical (unpaired) electrons. The van der Waals surface area contributed by atoms with Crippen molar-refractivity contribution < 1.29 is 4.74 Å². The van der Waals surface area contributed by atoms with Crippen LogP contribution >= 0.6 is 0 Å². The molecule has 2 aromatic rings. The lowest BCUT2D eigenvalue weighted by molar-refractivity contribution is 0.297. The maximum Gasteiger partial charge on any atom is 0.119 e. The molecule has 0 spiro atoms. The average Bonchev–Trinajstić information content (AvgIpc) is 2.87. The number of nitrogens with zero attached hydrogens (tertiary/aromatic N) is 3. The molecule has 0 unspecified atom stereocenters. The molecule has 1 aromatic carbocycles. The third-order valence-corrected chi connectivity index (χ3v) is 3.07. The van der Waals surface area contributed by atoms with E-state index in [0.29, 0.717) is 13.2 Å². The van der Waals surface area contributed by atoms with Crippen LogP contribution in [0.15, 0.2) is 24.4 Å². The first-order valence-corrected chi connectivity index (χ1v) is 6.48. The fourth-order valence-electron chi connectivity index (χ4n) is 1.76. The van der Waals surface area contributed by atoms with E-state index in [1.54, 1.807) is 4.68 Å².